The van der Waals surface area contributed by atoms with E-state index in [4.69, 9.17) is 11.6 Å². The van der Waals surface area contributed by atoms with Gasteiger partial charge in [-0.3, -0.25) is 0 Å². The van der Waals surface area contributed by atoms with Gasteiger partial charge in [0.05, 0.1) is 10.6 Å². The lowest BCUT2D eigenvalue weighted by atomic mass is 10.4. The highest BCUT2D eigenvalue weighted by molar-refractivity contribution is 7.91. The Morgan fingerprint density at radius 1 is 1.19 bits per heavy atom. The minimum atomic E-state index is -3.16. The van der Waals surface area contributed by atoms with Gasteiger partial charge >= 0.3 is 0 Å². The van der Waals surface area contributed by atoms with Crippen LogP contribution in [0.5, 0.6) is 0 Å². The lowest BCUT2D eigenvalue weighted by Crippen LogP contribution is -2.17. The molecule has 0 radical (unpaired) electrons. The average molecular weight is 262 g/mol. The first-order valence-electron chi connectivity index (χ1n) is 5.05. The first kappa shape index (κ1) is 13.5. The highest BCUT2D eigenvalue weighted by Gasteiger charge is 2.13. The molecule has 5 heteroatoms. The van der Waals surface area contributed by atoms with Gasteiger partial charge in [0.2, 0.25) is 0 Å². The molecule has 0 aliphatic heterocycles. The Balaban J connectivity index is 2.67. The van der Waals surface area contributed by atoms with Crippen LogP contribution in [0, 0.1) is 0 Å². The molecule has 90 valence electrons. The molecule has 3 nitrogen and oxygen atoms in total. The Morgan fingerprint density at radius 2 is 1.75 bits per heavy atom. The first-order chi connectivity index (χ1) is 7.42. The average Bonchev–Trinajstić information content (AvgIpc) is 2.17. The summed E-state index contributed by atoms with van der Waals surface area (Å²) in [5.41, 5.74) is 0. The van der Waals surface area contributed by atoms with Gasteiger partial charge in [-0.15, -0.1) is 0 Å². The van der Waals surface area contributed by atoms with Crippen molar-refractivity contribution < 1.29 is 8.42 Å². The van der Waals surface area contributed by atoms with Gasteiger partial charge in [-0.05, 0) is 51.3 Å². The molecular formula is C11H16ClNO2S. The molecule has 1 aromatic carbocycles. The van der Waals surface area contributed by atoms with Gasteiger partial charge < -0.3 is 4.90 Å². The van der Waals surface area contributed by atoms with E-state index in [2.05, 4.69) is 0 Å². The van der Waals surface area contributed by atoms with E-state index in [9.17, 15) is 8.42 Å². The Morgan fingerprint density at radius 3 is 2.25 bits per heavy atom. The second kappa shape index (κ2) is 5.66. The van der Waals surface area contributed by atoms with Crippen molar-refractivity contribution in [3.05, 3.63) is 29.3 Å². The quantitative estimate of drug-likeness (QED) is 0.814. The Hall–Kier alpha value is -0.580. The molecule has 0 heterocycles. The molecular weight excluding hydrogens is 246 g/mol. The van der Waals surface area contributed by atoms with Crippen LogP contribution < -0.4 is 0 Å². The van der Waals surface area contributed by atoms with Gasteiger partial charge in [0.25, 0.3) is 0 Å². The van der Waals surface area contributed by atoms with Crippen LogP contribution >= 0.6 is 11.6 Å². The van der Waals surface area contributed by atoms with E-state index >= 15 is 0 Å². The third-order valence-corrected chi connectivity index (χ3v) is 4.26. The van der Waals surface area contributed by atoms with Crippen LogP contribution in [0.3, 0.4) is 0 Å². The summed E-state index contributed by atoms with van der Waals surface area (Å²) in [6.45, 7) is 0.771. The van der Waals surface area contributed by atoms with Crippen LogP contribution in [-0.2, 0) is 9.84 Å². The minimum absolute atomic E-state index is 0.173. The largest absolute Gasteiger partial charge is 0.309 e. The highest BCUT2D eigenvalue weighted by Crippen LogP contribution is 2.15. The number of sulfone groups is 1. The molecule has 0 amide bonds. The monoisotopic (exact) mass is 261 g/mol. The maximum absolute atomic E-state index is 11.9. The van der Waals surface area contributed by atoms with Crippen molar-refractivity contribution >= 4 is 21.4 Å². The van der Waals surface area contributed by atoms with Gasteiger partial charge in [-0.25, -0.2) is 8.42 Å². The molecule has 0 N–H and O–H groups in total. The van der Waals surface area contributed by atoms with Gasteiger partial charge in [-0.2, -0.15) is 0 Å². The summed E-state index contributed by atoms with van der Waals surface area (Å²) in [6.07, 6.45) is 0.637. The molecule has 0 fully saturated rings. The third-order valence-electron chi connectivity index (χ3n) is 2.19. The molecule has 0 spiro atoms. The Bertz CT molecular complexity index is 426. The summed E-state index contributed by atoms with van der Waals surface area (Å²) in [6, 6.07) is 6.29. The number of rotatable bonds is 5. The van der Waals surface area contributed by atoms with Crippen LogP contribution in [0.15, 0.2) is 29.2 Å². The summed E-state index contributed by atoms with van der Waals surface area (Å²) >= 11 is 5.71. The molecule has 0 aliphatic rings. The summed E-state index contributed by atoms with van der Waals surface area (Å²) in [7, 11) is 0.693. The van der Waals surface area contributed by atoms with E-state index in [1.54, 1.807) is 24.3 Å². The fraction of sp³-hybridized carbons (Fsp3) is 0.455. The number of benzene rings is 1. The standard InChI is InChI=1S/C11H16ClNO2S/c1-13(2)8-3-9-16(14,15)11-6-4-10(12)5-7-11/h4-7H,3,8-9H2,1-2H3. The summed E-state index contributed by atoms with van der Waals surface area (Å²) in [5.74, 6) is 0.173. The van der Waals surface area contributed by atoms with E-state index in [0.717, 1.165) is 6.54 Å². The zero-order valence-corrected chi connectivity index (χ0v) is 11.1. The molecule has 0 bridgehead atoms. The van der Waals surface area contributed by atoms with Crippen molar-refractivity contribution in [3.63, 3.8) is 0 Å². The van der Waals surface area contributed by atoms with E-state index in [1.165, 1.54) is 0 Å². The molecule has 0 atom stereocenters. The number of hydrogen-bond acceptors (Lipinski definition) is 3. The molecule has 1 rings (SSSR count). The van der Waals surface area contributed by atoms with Crippen LogP contribution in [-0.4, -0.2) is 39.7 Å². The Kier molecular flexibility index (Phi) is 4.77. The highest BCUT2D eigenvalue weighted by atomic mass is 35.5. The van der Waals surface area contributed by atoms with Crippen molar-refractivity contribution in [1.29, 1.82) is 0 Å². The van der Waals surface area contributed by atoms with Crippen molar-refractivity contribution in [3.8, 4) is 0 Å². The van der Waals surface area contributed by atoms with Gasteiger partial charge in [0.15, 0.2) is 9.84 Å². The molecule has 1 aromatic rings. The molecule has 0 aromatic heterocycles. The predicted molar refractivity (Wildman–Crippen MR) is 66.7 cm³/mol. The lowest BCUT2D eigenvalue weighted by Gasteiger charge is -2.09. The minimum Gasteiger partial charge on any atom is -0.309 e. The number of hydrogen-bond donors (Lipinski definition) is 0. The lowest BCUT2D eigenvalue weighted by molar-refractivity contribution is 0.408. The smallest absolute Gasteiger partial charge is 0.178 e. The predicted octanol–water partition coefficient (Wildman–Crippen LogP) is 2.07. The zero-order valence-electron chi connectivity index (χ0n) is 9.48. The van der Waals surface area contributed by atoms with Gasteiger partial charge in [-0.1, -0.05) is 11.6 Å². The first-order valence-corrected chi connectivity index (χ1v) is 7.08. The SMILES string of the molecule is CN(C)CCCS(=O)(=O)c1ccc(Cl)cc1. The third kappa shape index (κ3) is 4.12. The van der Waals surface area contributed by atoms with E-state index < -0.39 is 9.84 Å². The van der Waals surface area contributed by atoms with Crippen LogP contribution in [0.1, 0.15) is 6.42 Å². The van der Waals surface area contributed by atoms with Crippen LogP contribution in [0.25, 0.3) is 0 Å². The van der Waals surface area contributed by atoms with Crippen molar-refractivity contribution in [2.45, 2.75) is 11.3 Å². The summed E-state index contributed by atoms with van der Waals surface area (Å²) in [5, 5.41) is 0.548. The molecule has 0 saturated heterocycles. The zero-order chi connectivity index (χ0) is 12.2. The fourth-order valence-corrected chi connectivity index (χ4v) is 2.75. The van der Waals surface area contributed by atoms with Crippen LogP contribution in [0.4, 0.5) is 0 Å². The van der Waals surface area contributed by atoms with Crippen molar-refractivity contribution in [2.24, 2.45) is 0 Å². The molecule has 0 unspecified atom stereocenters. The maximum atomic E-state index is 11.9. The fourth-order valence-electron chi connectivity index (χ4n) is 1.33. The normalized spacial score (nSPS) is 12.0. The van der Waals surface area contributed by atoms with Crippen LogP contribution in [0.2, 0.25) is 5.02 Å². The van der Waals surface area contributed by atoms with E-state index in [-0.39, 0.29) is 5.75 Å². The molecule has 0 saturated carbocycles. The molecule has 0 aliphatic carbocycles. The summed E-state index contributed by atoms with van der Waals surface area (Å²) in [4.78, 5) is 2.31. The van der Waals surface area contributed by atoms with Crippen molar-refractivity contribution in [1.82, 2.24) is 4.90 Å². The summed E-state index contributed by atoms with van der Waals surface area (Å²) < 4.78 is 23.7. The van der Waals surface area contributed by atoms with E-state index in [0.29, 0.717) is 16.3 Å². The van der Waals surface area contributed by atoms with E-state index in [1.807, 2.05) is 19.0 Å². The topological polar surface area (TPSA) is 37.4 Å². The Labute approximate surface area is 102 Å². The number of halogens is 1. The maximum Gasteiger partial charge on any atom is 0.178 e. The van der Waals surface area contributed by atoms with Crippen molar-refractivity contribution in [2.75, 3.05) is 26.4 Å². The van der Waals surface area contributed by atoms with Gasteiger partial charge in [0, 0.05) is 5.02 Å². The second-order valence-corrected chi connectivity index (χ2v) is 6.48. The second-order valence-electron chi connectivity index (χ2n) is 3.93. The van der Waals surface area contributed by atoms with Gasteiger partial charge in [0.1, 0.15) is 0 Å². The molecule has 16 heavy (non-hydrogen) atoms. The number of nitrogens with zero attached hydrogens (tertiary/aromatic N) is 1.